The first-order valence-corrected chi connectivity index (χ1v) is 5.66. The number of piperidine rings is 1. The number of hydrogen-bond acceptors (Lipinski definition) is 3. The molecule has 3 nitrogen and oxygen atoms in total. The average Bonchev–Trinajstić information content (AvgIpc) is 2.19. The lowest BCUT2D eigenvalue weighted by Gasteiger charge is -2.31. The summed E-state index contributed by atoms with van der Waals surface area (Å²) in [5, 5.41) is 3.34. The third kappa shape index (κ3) is 3.76. The maximum atomic E-state index is 11.4. The normalized spacial score (nSPS) is 18.8. The van der Waals surface area contributed by atoms with Crippen LogP contribution in [0.2, 0.25) is 0 Å². The first-order valence-electron chi connectivity index (χ1n) is 5.66. The molecule has 0 saturated carbocycles. The van der Waals surface area contributed by atoms with Crippen LogP contribution < -0.4 is 5.32 Å². The van der Waals surface area contributed by atoms with Crippen LogP contribution in [0, 0.1) is 0 Å². The van der Waals surface area contributed by atoms with Gasteiger partial charge in [0.15, 0.2) is 0 Å². The van der Waals surface area contributed by atoms with Crippen molar-refractivity contribution in [3.05, 3.63) is 0 Å². The Morgan fingerprint density at radius 1 is 1.43 bits per heavy atom. The van der Waals surface area contributed by atoms with Gasteiger partial charge in [-0.05, 0) is 39.4 Å². The number of rotatable bonds is 5. The van der Waals surface area contributed by atoms with E-state index in [4.69, 9.17) is 0 Å². The van der Waals surface area contributed by atoms with Gasteiger partial charge < -0.3 is 5.32 Å². The first kappa shape index (κ1) is 11.7. The molecular weight excluding hydrogens is 176 g/mol. The minimum Gasteiger partial charge on any atom is -0.317 e. The van der Waals surface area contributed by atoms with Gasteiger partial charge in [-0.1, -0.05) is 6.92 Å². The molecule has 0 amide bonds. The second kappa shape index (κ2) is 6.14. The van der Waals surface area contributed by atoms with Gasteiger partial charge in [0.25, 0.3) is 0 Å². The highest BCUT2D eigenvalue weighted by Crippen LogP contribution is 2.09. The molecule has 1 aliphatic rings. The average molecular weight is 198 g/mol. The van der Waals surface area contributed by atoms with Gasteiger partial charge in [0.05, 0.1) is 6.54 Å². The molecule has 0 aromatic carbocycles. The van der Waals surface area contributed by atoms with Crippen LogP contribution in [0.4, 0.5) is 0 Å². The Labute approximate surface area is 86.9 Å². The molecule has 1 N–H and O–H groups in total. The van der Waals surface area contributed by atoms with Gasteiger partial charge in [-0.2, -0.15) is 0 Å². The molecular formula is C11H22N2O. The van der Waals surface area contributed by atoms with E-state index in [2.05, 4.69) is 24.2 Å². The molecule has 0 bridgehead atoms. The van der Waals surface area contributed by atoms with Crippen LogP contribution in [-0.4, -0.2) is 43.4 Å². The third-order valence-corrected chi connectivity index (χ3v) is 2.89. The standard InChI is InChI=1S/C11H22N2O/c1-3-4-11(14)9-13(2)10-5-7-12-8-6-10/h10,12H,3-9H2,1-2H3. The Bertz CT molecular complexity index is 176. The van der Waals surface area contributed by atoms with E-state index in [1.807, 2.05) is 0 Å². The van der Waals surface area contributed by atoms with E-state index in [9.17, 15) is 4.79 Å². The van der Waals surface area contributed by atoms with Gasteiger partial charge in [0.1, 0.15) is 5.78 Å². The van der Waals surface area contributed by atoms with Gasteiger partial charge in [-0.3, -0.25) is 9.69 Å². The fourth-order valence-corrected chi connectivity index (χ4v) is 2.01. The summed E-state index contributed by atoms with van der Waals surface area (Å²) in [7, 11) is 2.07. The second-order valence-electron chi connectivity index (χ2n) is 4.18. The maximum absolute atomic E-state index is 11.4. The van der Waals surface area contributed by atoms with E-state index >= 15 is 0 Å². The number of carbonyl (C=O) groups is 1. The van der Waals surface area contributed by atoms with E-state index in [-0.39, 0.29) is 0 Å². The summed E-state index contributed by atoms with van der Waals surface area (Å²) in [6.07, 6.45) is 4.06. The molecule has 0 aromatic heterocycles. The van der Waals surface area contributed by atoms with Crippen molar-refractivity contribution in [1.29, 1.82) is 0 Å². The number of Topliss-reactive ketones (excluding diaryl/α,β-unsaturated/α-hetero) is 1. The fraction of sp³-hybridized carbons (Fsp3) is 0.909. The second-order valence-corrected chi connectivity index (χ2v) is 4.18. The summed E-state index contributed by atoms with van der Waals surface area (Å²) >= 11 is 0. The van der Waals surface area contributed by atoms with Gasteiger partial charge in [-0.15, -0.1) is 0 Å². The Morgan fingerprint density at radius 2 is 2.07 bits per heavy atom. The third-order valence-electron chi connectivity index (χ3n) is 2.89. The number of likely N-dealkylation sites (N-methyl/N-ethyl adjacent to an activating group) is 1. The zero-order valence-electron chi connectivity index (χ0n) is 9.38. The van der Waals surface area contributed by atoms with Gasteiger partial charge in [0.2, 0.25) is 0 Å². The molecule has 3 heteroatoms. The van der Waals surface area contributed by atoms with Gasteiger partial charge in [-0.25, -0.2) is 0 Å². The molecule has 1 rings (SSSR count). The summed E-state index contributed by atoms with van der Waals surface area (Å²) in [5.74, 6) is 0.383. The predicted octanol–water partition coefficient (Wildman–Crippen LogP) is 1.04. The largest absolute Gasteiger partial charge is 0.317 e. The molecule has 0 spiro atoms. The molecule has 82 valence electrons. The van der Waals surface area contributed by atoms with Crippen LogP contribution >= 0.6 is 0 Å². The first-order chi connectivity index (χ1) is 6.74. The van der Waals surface area contributed by atoms with Crippen molar-refractivity contribution in [3.8, 4) is 0 Å². The fourth-order valence-electron chi connectivity index (χ4n) is 2.01. The van der Waals surface area contributed by atoms with Crippen molar-refractivity contribution in [3.63, 3.8) is 0 Å². The monoisotopic (exact) mass is 198 g/mol. The maximum Gasteiger partial charge on any atom is 0.146 e. The summed E-state index contributed by atoms with van der Waals surface area (Å²) in [4.78, 5) is 13.7. The van der Waals surface area contributed by atoms with E-state index in [0.29, 0.717) is 18.4 Å². The zero-order valence-corrected chi connectivity index (χ0v) is 9.38. The Morgan fingerprint density at radius 3 is 2.64 bits per heavy atom. The van der Waals surface area contributed by atoms with Gasteiger partial charge in [0, 0.05) is 12.5 Å². The lowest BCUT2D eigenvalue weighted by atomic mass is 10.0. The molecule has 0 radical (unpaired) electrons. The molecule has 0 atom stereocenters. The molecule has 1 aliphatic heterocycles. The molecule has 1 fully saturated rings. The highest BCUT2D eigenvalue weighted by Gasteiger charge is 2.18. The van der Waals surface area contributed by atoms with Crippen LogP contribution in [0.1, 0.15) is 32.6 Å². The molecule has 0 aromatic rings. The lowest BCUT2D eigenvalue weighted by molar-refractivity contribution is -0.120. The van der Waals surface area contributed by atoms with Gasteiger partial charge >= 0.3 is 0 Å². The summed E-state index contributed by atoms with van der Waals surface area (Å²) in [6.45, 7) is 4.88. The minimum absolute atomic E-state index is 0.383. The van der Waals surface area contributed by atoms with E-state index in [0.717, 1.165) is 25.9 Å². The van der Waals surface area contributed by atoms with Crippen molar-refractivity contribution >= 4 is 5.78 Å². The molecule has 0 unspecified atom stereocenters. The van der Waals surface area contributed by atoms with Crippen LogP contribution in [0.5, 0.6) is 0 Å². The van der Waals surface area contributed by atoms with E-state index in [1.165, 1.54) is 12.8 Å². The minimum atomic E-state index is 0.383. The van der Waals surface area contributed by atoms with Crippen molar-refractivity contribution in [2.45, 2.75) is 38.6 Å². The molecule has 14 heavy (non-hydrogen) atoms. The molecule has 0 aliphatic carbocycles. The van der Waals surface area contributed by atoms with Crippen LogP contribution in [0.3, 0.4) is 0 Å². The van der Waals surface area contributed by atoms with Crippen molar-refractivity contribution in [2.24, 2.45) is 0 Å². The summed E-state index contributed by atoms with van der Waals surface area (Å²) < 4.78 is 0. The van der Waals surface area contributed by atoms with Crippen LogP contribution in [0.25, 0.3) is 0 Å². The van der Waals surface area contributed by atoms with E-state index < -0.39 is 0 Å². The van der Waals surface area contributed by atoms with Crippen LogP contribution in [0.15, 0.2) is 0 Å². The smallest absolute Gasteiger partial charge is 0.146 e. The van der Waals surface area contributed by atoms with E-state index in [1.54, 1.807) is 0 Å². The number of hydrogen-bond donors (Lipinski definition) is 1. The molecule has 1 saturated heterocycles. The molecule has 1 heterocycles. The Kier molecular flexibility index (Phi) is 5.12. The number of ketones is 1. The van der Waals surface area contributed by atoms with Crippen molar-refractivity contribution in [2.75, 3.05) is 26.7 Å². The SMILES string of the molecule is CCCC(=O)CN(C)C1CCNCC1. The lowest BCUT2D eigenvalue weighted by Crippen LogP contribution is -2.43. The number of carbonyl (C=O) groups excluding carboxylic acids is 1. The zero-order chi connectivity index (χ0) is 10.4. The summed E-state index contributed by atoms with van der Waals surface area (Å²) in [5.41, 5.74) is 0. The summed E-state index contributed by atoms with van der Waals surface area (Å²) in [6, 6.07) is 0.608. The number of nitrogens with zero attached hydrogens (tertiary/aromatic N) is 1. The van der Waals surface area contributed by atoms with Crippen LogP contribution in [-0.2, 0) is 4.79 Å². The van der Waals surface area contributed by atoms with Crippen molar-refractivity contribution in [1.82, 2.24) is 10.2 Å². The Hall–Kier alpha value is -0.410. The quantitative estimate of drug-likeness (QED) is 0.716. The van der Waals surface area contributed by atoms with Crippen molar-refractivity contribution < 1.29 is 4.79 Å². The number of nitrogens with one attached hydrogen (secondary N) is 1. The highest BCUT2D eigenvalue weighted by molar-refractivity contribution is 5.80. The predicted molar refractivity (Wildman–Crippen MR) is 58.4 cm³/mol. The topological polar surface area (TPSA) is 32.3 Å². The highest BCUT2D eigenvalue weighted by atomic mass is 16.1. The Balaban J connectivity index is 2.25.